The van der Waals surface area contributed by atoms with E-state index in [1.165, 1.54) is 12.1 Å². The maximum absolute atomic E-state index is 13.6. The Kier molecular flexibility index (Phi) is 7.91. The number of halogens is 3. The van der Waals surface area contributed by atoms with Crippen molar-refractivity contribution in [3.05, 3.63) is 26.0 Å². The summed E-state index contributed by atoms with van der Waals surface area (Å²) in [5, 5.41) is 0. The molecule has 0 saturated carbocycles. The van der Waals surface area contributed by atoms with Gasteiger partial charge in [-0.25, -0.2) is 14.0 Å². The smallest absolute Gasteiger partial charge is 0.424 e. The summed E-state index contributed by atoms with van der Waals surface area (Å²) in [5.74, 6) is -0.494. The topological polar surface area (TPSA) is 55.8 Å². The summed E-state index contributed by atoms with van der Waals surface area (Å²) in [6, 6.07) is 2.57. The zero-order valence-electron chi connectivity index (χ0n) is 14.0. The number of amides is 2. The van der Waals surface area contributed by atoms with Crippen LogP contribution in [0.25, 0.3) is 0 Å². The molecule has 0 unspecified atom stereocenters. The molecule has 5 nitrogen and oxygen atoms in total. The molecule has 0 fully saturated rings. The lowest BCUT2D eigenvalue weighted by molar-refractivity contribution is 0.0567. The molecular weight excluding hydrogens is 496 g/mol. The van der Waals surface area contributed by atoms with Crippen molar-refractivity contribution in [3.8, 4) is 0 Å². The lowest BCUT2D eigenvalue weighted by atomic mass is 10.2. The van der Waals surface area contributed by atoms with E-state index in [4.69, 9.17) is 9.47 Å². The van der Waals surface area contributed by atoms with Gasteiger partial charge in [-0.1, -0.05) is 13.3 Å². The Morgan fingerprint density at radius 1 is 1.29 bits per heavy atom. The molecule has 0 atom stereocenters. The average molecular weight is 516 g/mol. The third-order valence-corrected chi connectivity index (χ3v) is 4.18. The fraction of sp³-hybridized carbons (Fsp3) is 0.500. The van der Waals surface area contributed by atoms with E-state index in [9.17, 15) is 14.0 Å². The lowest BCUT2D eigenvalue weighted by Gasteiger charge is -2.26. The highest BCUT2D eigenvalue weighted by Crippen LogP contribution is 2.30. The van der Waals surface area contributed by atoms with Crippen molar-refractivity contribution in [1.29, 1.82) is 0 Å². The zero-order valence-corrected chi connectivity index (χ0v) is 17.7. The summed E-state index contributed by atoms with van der Waals surface area (Å²) < 4.78 is 24.6. The Morgan fingerprint density at radius 2 is 1.92 bits per heavy atom. The van der Waals surface area contributed by atoms with E-state index in [0.717, 1.165) is 11.3 Å². The fourth-order valence-electron chi connectivity index (χ4n) is 1.63. The van der Waals surface area contributed by atoms with Crippen LogP contribution in [0.4, 0.5) is 19.7 Å². The molecule has 0 saturated heterocycles. The molecule has 24 heavy (non-hydrogen) atoms. The minimum absolute atomic E-state index is 0.132. The summed E-state index contributed by atoms with van der Waals surface area (Å²) in [6.07, 6.45) is -0.202. The summed E-state index contributed by atoms with van der Waals surface area (Å²) >= 11 is 4.91. The van der Waals surface area contributed by atoms with Gasteiger partial charge in [0.25, 0.3) is 0 Å². The molecule has 1 aromatic carbocycles. The van der Waals surface area contributed by atoms with E-state index in [1.807, 2.05) is 29.5 Å². The van der Waals surface area contributed by atoms with Crippen molar-refractivity contribution in [1.82, 2.24) is 0 Å². The van der Waals surface area contributed by atoms with Crippen molar-refractivity contribution >= 4 is 56.4 Å². The van der Waals surface area contributed by atoms with Gasteiger partial charge < -0.3 is 9.47 Å². The minimum atomic E-state index is -0.875. The lowest BCUT2D eigenvalue weighted by Crippen LogP contribution is -2.42. The molecule has 0 radical (unpaired) electrons. The highest BCUT2D eigenvalue weighted by atomic mass is 127. The van der Waals surface area contributed by atoms with Crippen LogP contribution in [0.15, 0.2) is 16.6 Å². The van der Waals surface area contributed by atoms with E-state index in [2.05, 4.69) is 15.9 Å². The number of carbonyl (C=O) groups is 2. The first-order valence-corrected chi connectivity index (χ1v) is 9.28. The van der Waals surface area contributed by atoms with Gasteiger partial charge in [0.05, 0.1) is 16.8 Å². The number of anilines is 1. The Balaban J connectivity index is 3.20. The van der Waals surface area contributed by atoms with E-state index >= 15 is 0 Å². The standard InChI is InChI=1S/C16H20BrFINO4/c1-5-6-7-23-14(21)20(15(22)24-16(2,3)4)13-8-10(17)11(18)9-12(13)19/h8-9H,5-7H2,1-4H3. The zero-order chi connectivity index (χ0) is 18.5. The van der Waals surface area contributed by atoms with Gasteiger partial charge in [0.2, 0.25) is 0 Å². The Hall–Kier alpha value is -0.900. The highest BCUT2D eigenvalue weighted by molar-refractivity contribution is 14.1. The number of unbranched alkanes of at least 4 members (excludes halogenated alkanes) is 1. The van der Waals surface area contributed by atoms with Gasteiger partial charge in [0, 0.05) is 3.57 Å². The highest BCUT2D eigenvalue weighted by Gasteiger charge is 2.32. The number of rotatable bonds is 4. The monoisotopic (exact) mass is 515 g/mol. The molecule has 0 N–H and O–H groups in total. The average Bonchev–Trinajstić information content (AvgIpc) is 2.43. The molecular formula is C16H20BrFINO4. The van der Waals surface area contributed by atoms with Gasteiger partial charge in [-0.2, -0.15) is 4.90 Å². The predicted octanol–water partition coefficient (Wildman–Crippen LogP) is 5.87. The van der Waals surface area contributed by atoms with Gasteiger partial charge in [0.1, 0.15) is 11.4 Å². The molecule has 0 aliphatic heterocycles. The third-order valence-electron chi connectivity index (χ3n) is 2.71. The van der Waals surface area contributed by atoms with Gasteiger partial charge >= 0.3 is 12.2 Å². The van der Waals surface area contributed by atoms with Crippen molar-refractivity contribution in [2.75, 3.05) is 11.5 Å². The van der Waals surface area contributed by atoms with Gasteiger partial charge in [-0.15, -0.1) is 0 Å². The summed E-state index contributed by atoms with van der Waals surface area (Å²) in [6.45, 7) is 7.22. The molecule has 1 rings (SSSR count). The maximum Gasteiger partial charge on any atom is 0.424 e. The van der Waals surface area contributed by atoms with E-state index in [-0.39, 0.29) is 16.8 Å². The molecule has 8 heteroatoms. The molecule has 0 aliphatic carbocycles. The van der Waals surface area contributed by atoms with E-state index < -0.39 is 23.6 Å². The summed E-state index contributed by atoms with van der Waals surface area (Å²) in [5.41, 5.74) is -0.596. The second-order valence-corrected chi connectivity index (χ2v) is 8.02. The minimum Gasteiger partial charge on any atom is -0.449 e. The van der Waals surface area contributed by atoms with Crippen LogP contribution < -0.4 is 4.90 Å². The second-order valence-electron chi connectivity index (χ2n) is 6.00. The molecule has 2 amide bonds. The molecule has 0 bridgehead atoms. The molecule has 0 heterocycles. The quantitative estimate of drug-likeness (QED) is 0.286. The predicted molar refractivity (Wildman–Crippen MR) is 102 cm³/mol. The van der Waals surface area contributed by atoms with Gasteiger partial charge in [-0.3, -0.25) is 0 Å². The summed E-state index contributed by atoms with van der Waals surface area (Å²) in [4.78, 5) is 25.6. The third kappa shape index (κ3) is 6.19. The number of hydrogen-bond donors (Lipinski definition) is 0. The normalized spacial score (nSPS) is 11.1. The van der Waals surface area contributed by atoms with Crippen molar-refractivity contribution in [2.24, 2.45) is 0 Å². The van der Waals surface area contributed by atoms with Crippen LogP contribution in [0.3, 0.4) is 0 Å². The second kappa shape index (κ2) is 8.98. The summed E-state index contributed by atoms with van der Waals surface area (Å²) in [7, 11) is 0. The molecule has 0 spiro atoms. The van der Waals surface area contributed by atoms with Crippen LogP contribution in [0.2, 0.25) is 0 Å². The number of nitrogens with zero attached hydrogens (tertiary/aromatic N) is 1. The number of hydrogen-bond acceptors (Lipinski definition) is 4. The van der Waals surface area contributed by atoms with E-state index in [1.54, 1.807) is 20.8 Å². The Labute approximate surface area is 163 Å². The van der Waals surface area contributed by atoms with Crippen LogP contribution in [0.5, 0.6) is 0 Å². The maximum atomic E-state index is 13.6. The largest absolute Gasteiger partial charge is 0.449 e. The first kappa shape index (κ1) is 21.1. The molecule has 0 aliphatic rings. The van der Waals surface area contributed by atoms with Crippen LogP contribution in [-0.4, -0.2) is 24.4 Å². The Morgan fingerprint density at radius 3 is 2.46 bits per heavy atom. The van der Waals surface area contributed by atoms with Crippen LogP contribution in [0, 0.1) is 9.39 Å². The van der Waals surface area contributed by atoms with Crippen molar-refractivity contribution < 1.29 is 23.5 Å². The fourth-order valence-corrected chi connectivity index (χ4v) is 2.63. The number of carbonyl (C=O) groups excluding carboxylic acids is 2. The van der Waals surface area contributed by atoms with Crippen molar-refractivity contribution in [2.45, 2.75) is 46.1 Å². The SMILES string of the molecule is CCCCOC(=O)N(C(=O)OC(C)(C)C)c1cc(Br)c(F)cc1I. The van der Waals surface area contributed by atoms with Gasteiger partial charge in [0.15, 0.2) is 0 Å². The molecule has 1 aromatic rings. The first-order chi connectivity index (χ1) is 11.1. The van der Waals surface area contributed by atoms with Crippen LogP contribution in [0.1, 0.15) is 40.5 Å². The van der Waals surface area contributed by atoms with E-state index in [0.29, 0.717) is 9.99 Å². The first-order valence-electron chi connectivity index (χ1n) is 7.41. The van der Waals surface area contributed by atoms with Gasteiger partial charge in [-0.05, 0) is 77.8 Å². The molecule has 0 aromatic heterocycles. The van der Waals surface area contributed by atoms with Crippen LogP contribution >= 0.6 is 38.5 Å². The Bertz CT molecular complexity index is 619. The van der Waals surface area contributed by atoms with Crippen molar-refractivity contribution in [3.63, 3.8) is 0 Å². The molecule has 134 valence electrons. The number of benzene rings is 1. The number of imide groups is 1. The van der Waals surface area contributed by atoms with Crippen LogP contribution in [-0.2, 0) is 9.47 Å². The number of ether oxygens (including phenoxy) is 2.